The molecule has 3 rings (SSSR count). The van der Waals surface area contributed by atoms with Gasteiger partial charge in [-0.1, -0.05) is 16.6 Å². The number of hydrogen-bond donors (Lipinski definition) is 0. The van der Waals surface area contributed by atoms with E-state index in [1.54, 1.807) is 11.6 Å². The lowest BCUT2D eigenvalue weighted by molar-refractivity contribution is -0.245. The Balaban J connectivity index is 1.89. The lowest BCUT2D eigenvalue weighted by Gasteiger charge is -2.39. The normalized spacial score (nSPS) is 22.3. The number of hydrogen-bond acceptors (Lipinski definition) is 13. The van der Waals surface area contributed by atoms with Gasteiger partial charge in [-0.2, -0.15) is 0 Å². The van der Waals surface area contributed by atoms with Crippen LogP contribution in [0, 0.1) is 0 Å². The molecule has 2 aromatic rings. The quantitative estimate of drug-likeness (QED) is 0.408. The van der Waals surface area contributed by atoms with Gasteiger partial charge in [0.2, 0.25) is 6.29 Å². The fraction of sp³-hybridized carbons (Fsp3) is 0.526. The summed E-state index contributed by atoms with van der Waals surface area (Å²) in [7, 11) is 0. The molecule has 0 saturated carbocycles. The van der Waals surface area contributed by atoms with Crippen molar-refractivity contribution in [1.82, 2.24) is 20.0 Å². The zero-order chi connectivity index (χ0) is 24.1. The van der Waals surface area contributed by atoms with Gasteiger partial charge in [0, 0.05) is 39.5 Å². The van der Waals surface area contributed by atoms with E-state index in [-0.39, 0.29) is 18.2 Å². The van der Waals surface area contributed by atoms with Crippen molar-refractivity contribution in [3.05, 3.63) is 11.6 Å². The Morgan fingerprint density at radius 1 is 1.06 bits per heavy atom. The predicted molar refractivity (Wildman–Crippen MR) is 109 cm³/mol. The highest BCUT2D eigenvalue weighted by Gasteiger charge is 2.44. The average molecular weight is 482 g/mol. The molecule has 178 valence electrons. The van der Waals surface area contributed by atoms with Crippen molar-refractivity contribution >= 4 is 35.2 Å². The molecule has 33 heavy (non-hydrogen) atoms. The van der Waals surface area contributed by atoms with Gasteiger partial charge in [0.25, 0.3) is 5.19 Å². The van der Waals surface area contributed by atoms with Gasteiger partial charge in [-0.3, -0.25) is 19.2 Å². The smallest absolute Gasteiger partial charge is 0.309 e. The minimum absolute atomic E-state index is 0.0899. The van der Waals surface area contributed by atoms with E-state index >= 15 is 0 Å². The van der Waals surface area contributed by atoms with Crippen molar-refractivity contribution in [2.24, 2.45) is 0 Å². The Hall–Kier alpha value is -3.39. The van der Waals surface area contributed by atoms with Gasteiger partial charge in [-0.25, -0.2) is 9.67 Å². The summed E-state index contributed by atoms with van der Waals surface area (Å²) in [4.78, 5) is 49.9. The lowest BCUT2D eigenvalue weighted by Crippen LogP contribution is -2.51. The van der Waals surface area contributed by atoms with E-state index in [1.165, 1.54) is 32.4 Å². The molecule has 1 fully saturated rings. The molecular formula is C19H22N4O9S. The highest BCUT2D eigenvalue weighted by atomic mass is 32.1. The van der Waals surface area contributed by atoms with E-state index in [0.717, 1.165) is 11.3 Å². The monoisotopic (exact) mass is 482 g/mol. The van der Waals surface area contributed by atoms with Crippen molar-refractivity contribution in [3.63, 3.8) is 0 Å². The van der Waals surface area contributed by atoms with Crippen LogP contribution in [0.25, 0.3) is 11.4 Å². The Kier molecular flexibility index (Phi) is 7.71. The van der Waals surface area contributed by atoms with Crippen LogP contribution in [0.15, 0.2) is 11.6 Å². The molecule has 0 amide bonds. The molecule has 2 aromatic heterocycles. The number of carbonyl (C=O) groups excluding carboxylic acids is 4. The van der Waals surface area contributed by atoms with Crippen LogP contribution >= 0.6 is 11.3 Å². The highest BCUT2D eigenvalue weighted by Crippen LogP contribution is 2.34. The summed E-state index contributed by atoms with van der Waals surface area (Å²) in [5, 5.41) is 10.0. The molecular weight excluding hydrogens is 460 g/mol. The van der Waals surface area contributed by atoms with E-state index in [0.29, 0.717) is 11.4 Å². The van der Waals surface area contributed by atoms with Gasteiger partial charge in [-0.15, -0.1) is 5.10 Å². The number of thiazole rings is 1. The predicted octanol–water partition coefficient (Wildman–Crippen LogP) is 1.04. The minimum atomic E-state index is -0.998. The van der Waals surface area contributed by atoms with Crippen LogP contribution < -0.4 is 4.74 Å². The van der Waals surface area contributed by atoms with Crippen molar-refractivity contribution < 1.29 is 42.9 Å². The maximum atomic E-state index is 11.8. The molecule has 0 spiro atoms. The summed E-state index contributed by atoms with van der Waals surface area (Å²) in [5.74, 6) is -2.21. The summed E-state index contributed by atoms with van der Waals surface area (Å²) >= 11 is 1.12. The van der Waals surface area contributed by atoms with E-state index in [9.17, 15) is 19.2 Å². The van der Waals surface area contributed by atoms with Gasteiger partial charge >= 0.3 is 23.9 Å². The van der Waals surface area contributed by atoms with E-state index in [2.05, 4.69) is 15.3 Å². The molecule has 1 aliphatic rings. The molecule has 0 aromatic carbocycles. The van der Waals surface area contributed by atoms with Gasteiger partial charge in [0.1, 0.15) is 24.1 Å². The first-order valence-electron chi connectivity index (χ1n) is 9.81. The molecule has 13 nitrogen and oxygen atoms in total. The average Bonchev–Trinajstić information content (AvgIpc) is 3.35. The molecule has 3 heterocycles. The standard InChI is InChI=1S/C19H22N4O9S/c1-9(24)28-7-16-18(30-11(3)26)15(5-17(32-16)29-10(2)25)23-6-13(21-22-23)14-8-33-19(20-14)31-12(4)27/h6,8,15-18H,5,7H2,1-4H3/t15-,16-,17?,18-/m1/s1. The summed E-state index contributed by atoms with van der Waals surface area (Å²) < 4.78 is 27.8. The van der Waals surface area contributed by atoms with Crippen molar-refractivity contribution in [3.8, 4) is 16.6 Å². The zero-order valence-corrected chi connectivity index (χ0v) is 19.1. The lowest BCUT2D eigenvalue weighted by atomic mass is 9.98. The number of carbonyl (C=O) groups is 4. The fourth-order valence-electron chi connectivity index (χ4n) is 3.21. The highest BCUT2D eigenvalue weighted by molar-refractivity contribution is 7.11. The molecule has 1 unspecified atom stereocenters. The molecule has 4 atom stereocenters. The Labute approximate surface area is 191 Å². The van der Waals surface area contributed by atoms with Crippen LogP contribution in [0.1, 0.15) is 40.2 Å². The summed E-state index contributed by atoms with van der Waals surface area (Å²) in [6.07, 6.45) is -1.19. The topological polar surface area (TPSA) is 158 Å². The van der Waals surface area contributed by atoms with Crippen molar-refractivity contribution in [1.29, 1.82) is 0 Å². The number of ether oxygens (including phenoxy) is 5. The van der Waals surface area contributed by atoms with Crippen LogP contribution in [-0.2, 0) is 38.1 Å². The van der Waals surface area contributed by atoms with Crippen LogP contribution in [0.5, 0.6) is 5.19 Å². The molecule has 0 N–H and O–H groups in total. The summed E-state index contributed by atoms with van der Waals surface area (Å²) in [6.45, 7) is 4.72. The van der Waals surface area contributed by atoms with Gasteiger partial charge < -0.3 is 23.7 Å². The Morgan fingerprint density at radius 3 is 2.42 bits per heavy atom. The second kappa shape index (κ2) is 10.5. The number of aromatic nitrogens is 4. The second-order valence-corrected chi connectivity index (χ2v) is 7.89. The second-order valence-electron chi connectivity index (χ2n) is 7.07. The summed E-state index contributed by atoms with van der Waals surface area (Å²) in [6, 6.07) is -0.666. The first-order valence-corrected chi connectivity index (χ1v) is 10.7. The fourth-order valence-corrected chi connectivity index (χ4v) is 3.91. The van der Waals surface area contributed by atoms with Crippen LogP contribution in [0.2, 0.25) is 0 Å². The maximum absolute atomic E-state index is 11.8. The number of nitrogens with zero attached hydrogens (tertiary/aromatic N) is 4. The van der Waals surface area contributed by atoms with Gasteiger partial charge in [0.05, 0.1) is 12.2 Å². The van der Waals surface area contributed by atoms with Crippen LogP contribution in [0.4, 0.5) is 0 Å². The third-order valence-corrected chi connectivity index (χ3v) is 5.10. The summed E-state index contributed by atoms with van der Waals surface area (Å²) in [5.41, 5.74) is 0.796. The van der Waals surface area contributed by atoms with E-state index in [4.69, 9.17) is 23.7 Å². The number of esters is 4. The Morgan fingerprint density at radius 2 is 1.79 bits per heavy atom. The number of rotatable bonds is 7. The molecule has 1 aliphatic heterocycles. The van der Waals surface area contributed by atoms with Crippen LogP contribution in [0.3, 0.4) is 0 Å². The van der Waals surface area contributed by atoms with E-state index < -0.39 is 48.4 Å². The van der Waals surface area contributed by atoms with Gasteiger partial charge in [-0.05, 0) is 0 Å². The van der Waals surface area contributed by atoms with Gasteiger partial charge in [0.15, 0.2) is 6.10 Å². The maximum Gasteiger partial charge on any atom is 0.309 e. The third-order valence-electron chi connectivity index (χ3n) is 4.38. The van der Waals surface area contributed by atoms with E-state index in [1.807, 2.05) is 0 Å². The largest absolute Gasteiger partial charge is 0.463 e. The Bertz CT molecular complexity index is 1040. The zero-order valence-electron chi connectivity index (χ0n) is 18.2. The molecule has 0 radical (unpaired) electrons. The molecule has 1 saturated heterocycles. The third kappa shape index (κ3) is 6.55. The molecule has 0 aliphatic carbocycles. The van der Waals surface area contributed by atoms with Crippen molar-refractivity contribution in [2.45, 2.75) is 58.7 Å². The molecule has 14 heteroatoms. The molecule has 0 bridgehead atoms. The first kappa shape index (κ1) is 24.3. The van der Waals surface area contributed by atoms with Crippen molar-refractivity contribution in [2.75, 3.05) is 6.61 Å². The first-order chi connectivity index (χ1) is 15.6. The minimum Gasteiger partial charge on any atom is -0.463 e. The van der Waals surface area contributed by atoms with Crippen LogP contribution in [-0.4, -0.2) is 69.0 Å². The SMILES string of the molecule is CC(=O)OC[C@H]1OC(OC(C)=O)C[C@@H](n2cc(-c3csc(OC(C)=O)n3)nn2)[C@H]1OC(C)=O.